The Morgan fingerprint density at radius 3 is 2.71 bits per heavy atom. The summed E-state index contributed by atoms with van der Waals surface area (Å²) in [6.07, 6.45) is 6.47. The Bertz CT molecular complexity index is 593. The number of aryl methyl sites for hydroxylation is 1. The zero-order valence-corrected chi connectivity index (χ0v) is 11.7. The normalized spacial score (nSPS) is 11.0. The summed E-state index contributed by atoms with van der Waals surface area (Å²) in [6.45, 7) is 0.696. The van der Waals surface area contributed by atoms with E-state index in [9.17, 15) is 4.79 Å². The molecule has 0 radical (unpaired) electrons. The first-order valence-electron chi connectivity index (χ1n) is 6.97. The summed E-state index contributed by atoms with van der Waals surface area (Å²) >= 11 is 0. The number of hydrogen-bond donors (Lipinski definition) is 1. The van der Waals surface area contributed by atoms with Gasteiger partial charge in [-0.15, -0.1) is 5.10 Å². The van der Waals surface area contributed by atoms with E-state index in [0.717, 1.165) is 18.4 Å². The maximum atomic E-state index is 10.4. The monoisotopic (exact) mass is 286 g/mol. The van der Waals surface area contributed by atoms with Crippen molar-refractivity contribution in [2.45, 2.75) is 32.2 Å². The number of nitrogens with zero attached hydrogens (tertiary/aromatic N) is 4. The average molecular weight is 286 g/mol. The standard InChI is InChI=1S/C15H18N4O2/c20-15(21)9-5-2-6-12-19-14(16-17-18-19)11-10-13-7-3-1-4-8-13/h1,3-4,7-8,10-11H,2,5-6,9,12H2,(H,20,21)/b11-10+. The van der Waals surface area contributed by atoms with E-state index in [1.807, 2.05) is 42.5 Å². The van der Waals surface area contributed by atoms with Crippen molar-refractivity contribution in [1.82, 2.24) is 20.2 Å². The molecule has 0 saturated heterocycles. The number of benzene rings is 1. The van der Waals surface area contributed by atoms with Gasteiger partial charge in [0.2, 0.25) is 0 Å². The molecule has 1 aromatic carbocycles. The van der Waals surface area contributed by atoms with Crippen LogP contribution in [0.3, 0.4) is 0 Å². The van der Waals surface area contributed by atoms with Crippen LogP contribution in [0.1, 0.15) is 37.1 Å². The summed E-state index contributed by atoms with van der Waals surface area (Å²) in [4.78, 5) is 10.4. The van der Waals surface area contributed by atoms with Gasteiger partial charge in [0.15, 0.2) is 5.82 Å². The van der Waals surface area contributed by atoms with Gasteiger partial charge in [0.05, 0.1) is 0 Å². The topological polar surface area (TPSA) is 80.9 Å². The second-order valence-electron chi connectivity index (χ2n) is 4.71. The summed E-state index contributed by atoms with van der Waals surface area (Å²) in [5.74, 6) is -0.0407. The van der Waals surface area contributed by atoms with Crippen LogP contribution >= 0.6 is 0 Å². The third-order valence-corrected chi connectivity index (χ3v) is 3.04. The lowest BCUT2D eigenvalue weighted by molar-refractivity contribution is -0.137. The lowest BCUT2D eigenvalue weighted by Gasteiger charge is -2.01. The zero-order valence-electron chi connectivity index (χ0n) is 11.7. The van der Waals surface area contributed by atoms with Gasteiger partial charge in [0, 0.05) is 13.0 Å². The molecule has 110 valence electrons. The molecule has 0 fully saturated rings. The number of aromatic nitrogens is 4. The molecule has 1 N–H and O–H groups in total. The SMILES string of the molecule is O=C(O)CCCCCn1nnnc1/C=C/c1ccccc1. The van der Waals surface area contributed by atoms with E-state index in [0.29, 0.717) is 18.8 Å². The third-order valence-electron chi connectivity index (χ3n) is 3.04. The van der Waals surface area contributed by atoms with Gasteiger partial charge in [0.1, 0.15) is 0 Å². The molecule has 0 aliphatic carbocycles. The summed E-state index contributed by atoms with van der Waals surface area (Å²) < 4.78 is 1.74. The Hall–Kier alpha value is -2.50. The molecular formula is C15H18N4O2. The molecule has 21 heavy (non-hydrogen) atoms. The van der Waals surface area contributed by atoms with E-state index in [2.05, 4.69) is 15.5 Å². The molecule has 0 atom stereocenters. The van der Waals surface area contributed by atoms with E-state index < -0.39 is 5.97 Å². The van der Waals surface area contributed by atoms with E-state index in [-0.39, 0.29) is 6.42 Å². The minimum atomic E-state index is -0.746. The van der Waals surface area contributed by atoms with Crippen LogP contribution in [0.5, 0.6) is 0 Å². The van der Waals surface area contributed by atoms with Gasteiger partial charge in [-0.25, -0.2) is 4.68 Å². The molecule has 0 unspecified atom stereocenters. The number of rotatable bonds is 8. The highest BCUT2D eigenvalue weighted by molar-refractivity contribution is 5.66. The molecule has 2 rings (SSSR count). The maximum absolute atomic E-state index is 10.4. The van der Waals surface area contributed by atoms with E-state index in [1.165, 1.54) is 0 Å². The van der Waals surface area contributed by atoms with E-state index in [4.69, 9.17) is 5.11 Å². The van der Waals surface area contributed by atoms with E-state index >= 15 is 0 Å². The van der Waals surface area contributed by atoms with E-state index in [1.54, 1.807) is 4.68 Å². The Morgan fingerprint density at radius 2 is 1.95 bits per heavy atom. The molecule has 2 aromatic rings. The highest BCUT2D eigenvalue weighted by Gasteiger charge is 2.02. The highest BCUT2D eigenvalue weighted by atomic mass is 16.4. The van der Waals surface area contributed by atoms with Crippen molar-refractivity contribution in [3.63, 3.8) is 0 Å². The van der Waals surface area contributed by atoms with Crippen LogP contribution in [-0.2, 0) is 11.3 Å². The second-order valence-corrected chi connectivity index (χ2v) is 4.71. The molecule has 0 amide bonds. The molecule has 0 saturated carbocycles. The minimum absolute atomic E-state index is 0.219. The fraction of sp³-hybridized carbons (Fsp3) is 0.333. The number of carboxylic acids is 1. The van der Waals surface area contributed by atoms with Crippen LogP contribution in [0.4, 0.5) is 0 Å². The van der Waals surface area contributed by atoms with Crippen molar-refractivity contribution in [2.24, 2.45) is 0 Å². The smallest absolute Gasteiger partial charge is 0.303 e. The molecule has 1 aromatic heterocycles. The third kappa shape index (κ3) is 5.18. The van der Waals surface area contributed by atoms with Crippen molar-refractivity contribution in [3.05, 3.63) is 41.7 Å². The molecule has 1 heterocycles. The van der Waals surface area contributed by atoms with Crippen molar-refractivity contribution in [1.29, 1.82) is 0 Å². The van der Waals surface area contributed by atoms with Crippen LogP contribution in [0.15, 0.2) is 30.3 Å². The van der Waals surface area contributed by atoms with Gasteiger partial charge in [-0.3, -0.25) is 4.79 Å². The zero-order chi connectivity index (χ0) is 14.9. The van der Waals surface area contributed by atoms with Crippen molar-refractivity contribution in [2.75, 3.05) is 0 Å². The molecule has 0 aliphatic heterocycles. The molecular weight excluding hydrogens is 268 g/mol. The van der Waals surface area contributed by atoms with Gasteiger partial charge in [-0.2, -0.15) is 0 Å². The highest BCUT2D eigenvalue weighted by Crippen LogP contribution is 2.07. The lowest BCUT2D eigenvalue weighted by Crippen LogP contribution is -2.03. The molecule has 0 aliphatic rings. The number of carbonyl (C=O) groups is 1. The first-order valence-corrected chi connectivity index (χ1v) is 6.97. The Morgan fingerprint density at radius 1 is 1.14 bits per heavy atom. The first kappa shape index (κ1) is 14.9. The Balaban J connectivity index is 1.84. The number of unbranched alkanes of at least 4 members (excludes halogenated alkanes) is 2. The Labute approximate surface area is 123 Å². The quantitative estimate of drug-likeness (QED) is 0.754. The predicted octanol–water partition coefficient (Wildman–Crippen LogP) is 2.49. The number of aliphatic carboxylic acids is 1. The van der Waals surface area contributed by atoms with Crippen LogP contribution in [-0.4, -0.2) is 31.3 Å². The van der Waals surface area contributed by atoms with Gasteiger partial charge >= 0.3 is 5.97 Å². The van der Waals surface area contributed by atoms with Gasteiger partial charge in [-0.1, -0.05) is 42.8 Å². The maximum Gasteiger partial charge on any atom is 0.303 e. The minimum Gasteiger partial charge on any atom is -0.481 e. The average Bonchev–Trinajstić information content (AvgIpc) is 2.93. The van der Waals surface area contributed by atoms with Crippen LogP contribution in [0.25, 0.3) is 12.2 Å². The first-order chi connectivity index (χ1) is 10.3. The fourth-order valence-electron chi connectivity index (χ4n) is 1.94. The number of tetrazole rings is 1. The van der Waals surface area contributed by atoms with Crippen LogP contribution in [0.2, 0.25) is 0 Å². The summed E-state index contributed by atoms with van der Waals surface area (Å²) in [5, 5.41) is 20.2. The molecule has 0 spiro atoms. The number of carboxylic acid groups (broad SMARTS) is 1. The number of hydrogen-bond acceptors (Lipinski definition) is 4. The van der Waals surface area contributed by atoms with Gasteiger partial charge < -0.3 is 5.11 Å². The predicted molar refractivity (Wildman–Crippen MR) is 79.3 cm³/mol. The van der Waals surface area contributed by atoms with Crippen molar-refractivity contribution < 1.29 is 9.90 Å². The molecule has 0 bridgehead atoms. The van der Waals surface area contributed by atoms with Gasteiger partial charge in [-0.05, 0) is 34.9 Å². The van der Waals surface area contributed by atoms with Crippen molar-refractivity contribution in [3.8, 4) is 0 Å². The summed E-state index contributed by atoms with van der Waals surface area (Å²) in [6, 6.07) is 9.95. The largest absolute Gasteiger partial charge is 0.481 e. The summed E-state index contributed by atoms with van der Waals surface area (Å²) in [7, 11) is 0. The lowest BCUT2D eigenvalue weighted by atomic mass is 10.2. The van der Waals surface area contributed by atoms with Crippen molar-refractivity contribution >= 4 is 18.1 Å². The fourth-order valence-corrected chi connectivity index (χ4v) is 1.94. The van der Waals surface area contributed by atoms with Crippen LogP contribution in [0, 0.1) is 0 Å². The van der Waals surface area contributed by atoms with Gasteiger partial charge in [0.25, 0.3) is 0 Å². The Kier molecular flexibility index (Phi) is 5.63. The molecule has 6 heteroatoms. The summed E-state index contributed by atoms with van der Waals surface area (Å²) in [5.41, 5.74) is 1.09. The van der Waals surface area contributed by atoms with Crippen LogP contribution < -0.4 is 0 Å². The second kappa shape index (κ2) is 7.94. The molecule has 6 nitrogen and oxygen atoms in total.